The third-order valence-corrected chi connectivity index (χ3v) is 4.64. The largest absolute Gasteiger partial charge is 0.457 e. The number of methoxy groups -OCH3 is 1. The molecule has 0 atom stereocenters. The van der Waals surface area contributed by atoms with Gasteiger partial charge in [-0.3, -0.25) is 9.78 Å². The van der Waals surface area contributed by atoms with Crippen LogP contribution in [0.2, 0.25) is 0 Å². The lowest BCUT2D eigenvalue weighted by molar-refractivity contribution is 0.0936. The van der Waals surface area contributed by atoms with Crippen LogP contribution >= 0.6 is 0 Å². The average Bonchev–Trinajstić information content (AvgIpc) is 3.15. The number of benzene rings is 2. The first-order valence-electron chi connectivity index (χ1n) is 9.07. The summed E-state index contributed by atoms with van der Waals surface area (Å²) in [5, 5.41) is 4.73. The second-order valence-electron chi connectivity index (χ2n) is 6.57. The molecule has 2 aromatic carbocycles. The number of carbonyl (C=O) groups is 1. The normalized spacial score (nSPS) is 11.1. The van der Waals surface area contributed by atoms with Crippen LogP contribution in [-0.4, -0.2) is 36.1 Å². The van der Waals surface area contributed by atoms with Crippen molar-refractivity contribution in [1.29, 1.82) is 0 Å². The molecular weight excluding hydrogens is 354 g/mol. The number of nitrogens with zero attached hydrogens (tertiary/aromatic N) is 1. The van der Waals surface area contributed by atoms with Crippen LogP contribution < -0.4 is 10.1 Å². The molecule has 4 aromatic rings. The van der Waals surface area contributed by atoms with E-state index in [1.54, 1.807) is 13.3 Å². The van der Waals surface area contributed by atoms with Crippen LogP contribution in [0.5, 0.6) is 11.5 Å². The standard InChI is InChI=1S/C22H21N3O3/c1-14-11-20-18(13-17(14)22(26)25-9-10-27-2)21(6-8-24-20)28-16-3-4-19-15(12-16)5-7-23-19/h3-8,11-13,23H,9-10H2,1-2H3,(H,25,26). The van der Waals surface area contributed by atoms with E-state index >= 15 is 0 Å². The smallest absolute Gasteiger partial charge is 0.251 e. The van der Waals surface area contributed by atoms with Crippen molar-refractivity contribution in [1.82, 2.24) is 15.3 Å². The highest BCUT2D eigenvalue weighted by molar-refractivity contribution is 6.00. The summed E-state index contributed by atoms with van der Waals surface area (Å²) in [5.74, 6) is 1.25. The van der Waals surface area contributed by atoms with Gasteiger partial charge < -0.3 is 19.8 Å². The minimum Gasteiger partial charge on any atom is -0.457 e. The number of ether oxygens (including phenoxy) is 2. The maximum absolute atomic E-state index is 12.5. The molecule has 2 heterocycles. The van der Waals surface area contributed by atoms with Crippen LogP contribution in [0.25, 0.3) is 21.8 Å². The van der Waals surface area contributed by atoms with Gasteiger partial charge in [0.15, 0.2) is 0 Å². The summed E-state index contributed by atoms with van der Waals surface area (Å²) in [6.07, 6.45) is 3.61. The third-order valence-electron chi connectivity index (χ3n) is 4.64. The fourth-order valence-corrected chi connectivity index (χ4v) is 3.19. The van der Waals surface area contributed by atoms with E-state index in [0.29, 0.717) is 24.5 Å². The molecule has 0 aliphatic heterocycles. The zero-order valence-electron chi connectivity index (χ0n) is 15.8. The number of aryl methyl sites for hydroxylation is 1. The van der Waals surface area contributed by atoms with E-state index < -0.39 is 0 Å². The summed E-state index contributed by atoms with van der Waals surface area (Å²) < 4.78 is 11.1. The number of hydrogen-bond acceptors (Lipinski definition) is 4. The Bertz CT molecular complexity index is 1150. The number of aromatic nitrogens is 2. The number of H-pyrrole nitrogens is 1. The van der Waals surface area contributed by atoms with Gasteiger partial charge in [-0.05, 0) is 55.0 Å². The summed E-state index contributed by atoms with van der Waals surface area (Å²) in [6, 6.07) is 13.4. The zero-order valence-corrected chi connectivity index (χ0v) is 15.8. The number of fused-ring (bicyclic) bond motifs is 2. The number of pyridine rings is 1. The Balaban J connectivity index is 1.69. The monoisotopic (exact) mass is 375 g/mol. The molecule has 2 N–H and O–H groups in total. The average molecular weight is 375 g/mol. The second kappa shape index (κ2) is 7.70. The number of hydrogen-bond donors (Lipinski definition) is 2. The molecule has 0 spiro atoms. The van der Waals surface area contributed by atoms with Crippen LogP contribution in [0, 0.1) is 6.92 Å². The molecule has 0 saturated carbocycles. The lowest BCUT2D eigenvalue weighted by atomic mass is 10.0. The van der Waals surface area contributed by atoms with Crippen molar-refractivity contribution in [2.45, 2.75) is 6.92 Å². The van der Waals surface area contributed by atoms with Gasteiger partial charge in [-0.2, -0.15) is 0 Å². The number of amides is 1. The molecule has 0 unspecified atom stereocenters. The van der Waals surface area contributed by atoms with E-state index in [1.807, 2.05) is 55.6 Å². The van der Waals surface area contributed by atoms with Gasteiger partial charge in [0.05, 0.1) is 12.1 Å². The van der Waals surface area contributed by atoms with E-state index in [2.05, 4.69) is 15.3 Å². The Morgan fingerprint density at radius 1 is 1.18 bits per heavy atom. The summed E-state index contributed by atoms with van der Waals surface area (Å²) in [7, 11) is 1.60. The fraction of sp³-hybridized carbons (Fsp3) is 0.182. The molecule has 0 radical (unpaired) electrons. The molecule has 0 saturated heterocycles. The molecule has 2 aromatic heterocycles. The minimum absolute atomic E-state index is 0.139. The molecule has 1 amide bonds. The van der Waals surface area contributed by atoms with Gasteiger partial charge in [-0.25, -0.2) is 0 Å². The van der Waals surface area contributed by atoms with E-state index in [1.165, 1.54) is 0 Å². The molecule has 28 heavy (non-hydrogen) atoms. The highest BCUT2D eigenvalue weighted by atomic mass is 16.5. The summed E-state index contributed by atoms with van der Waals surface area (Å²) in [4.78, 5) is 20.1. The molecule has 0 fully saturated rings. The predicted molar refractivity (Wildman–Crippen MR) is 109 cm³/mol. The van der Waals surface area contributed by atoms with Gasteiger partial charge in [-0.1, -0.05) is 0 Å². The Labute approximate surface area is 162 Å². The highest BCUT2D eigenvalue weighted by Crippen LogP contribution is 2.32. The van der Waals surface area contributed by atoms with Gasteiger partial charge >= 0.3 is 0 Å². The topological polar surface area (TPSA) is 76.2 Å². The number of aromatic amines is 1. The van der Waals surface area contributed by atoms with Crippen LogP contribution in [-0.2, 0) is 4.74 Å². The molecule has 0 bridgehead atoms. The van der Waals surface area contributed by atoms with Gasteiger partial charge in [-0.15, -0.1) is 0 Å². The summed E-state index contributed by atoms with van der Waals surface area (Å²) in [5.41, 5.74) is 3.30. The summed E-state index contributed by atoms with van der Waals surface area (Å²) >= 11 is 0. The van der Waals surface area contributed by atoms with Gasteiger partial charge in [0.1, 0.15) is 11.5 Å². The SMILES string of the molecule is COCCNC(=O)c1cc2c(Oc3ccc4[nH]ccc4c3)ccnc2cc1C. The van der Waals surface area contributed by atoms with E-state index in [9.17, 15) is 4.79 Å². The van der Waals surface area contributed by atoms with Crippen molar-refractivity contribution in [2.75, 3.05) is 20.3 Å². The zero-order chi connectivity index (χ0) is 19.5. The second-order valence-corrected chi connectivity index (χ2v) is 6.57. The van der Waals surface area contributed by atoms with Crippen LogP contribution in [0.15, 0.2) is 54.9 Å². The third kappa shape index (κ3) is 3.54. The molecule has 4 rings (SSSR count). The van der Waals surface area contributed by atoms with Crippen LogP contribution in [0.4, 0.5) is 0 Å². The van der Waals surface area contributed by atoms with E-state index in [-0.39, 0.29) is 5.91 Å². The molecule has 6 heteroatoms. The highest BCUT2D eigenvalue weighted by Gasteiger charge is 2.13. The maximum atomic E-state index is 12.5. The molecule has 142 valence electrons. The van der Waals surface area contributed by atoms with Crippen molar-refractivity contribution in [3.05, 3.63) is 66.0 Å². The van der Waals surface area contributed by atoms with E-state index in [4.69, 9.17) is 9.47 Å². The van der Waals surface area contributed by atoms with Crippen molar-refractivity contribution >= 4 is 27.7 Å². The first-order valence-corrected chi connectivity index (χ1v) is 9.07. The minimum atomic E-state index is -0.139. The molecular formula is C22H21N3O3. The predicted octanol–water partition coefficient (Wildman–Crippen LogP) is 4.19. The fourth-order valence-electron chi connectivity index (χ4n) is 3.19. The Kier molecular flexibility index (Phi) is 4.95. The lowest BCUT2D eigenvalue weighted by Crippen LogP contribution is -2.27. The van der Waals surface area contributed by atoms with Crippen molar-refractivity contribution < 1.29 is 14.3 Å². The van der Waals surface area contributed by atoms with E-state index in [0.717, 1.165) is 33.1 Å². The van der Waals surface area contributed by atoms with Crippen molar-refractivity contribution in [3.63, 3.8) is 0 Å². The van der Waals surface area contributed by atoms with Gasteiger partial charge in [0.25, 0.3) is 5.91 Å². The maximum Gasteiger partial charge on any atom is 0.251 e. The quantitative estimate of drug-likeness (QED) is 0.496. The number of carbonyl (C=O) groups excluding carboxylic acids is 1. The van der Waals surface area contributed by atoms with Crippen molar-refractivity contribution in [3.8, 4) is 11.5 Å². The number of rotatable bonds is 6. The Hall–Kier alpha value is -3.38. The Morgan fingerprint density at radius 3 is 2.93 bits per heavy atom. The van der Waals surface area contributed by atoms with Crippen LogP contribution in [0.1, 0.15) is 15.9 Å². The first-order chi connectivity index (χ1) is 13.7. The van der Waals surface area contributed by atoms with Crippen LogP contribution in [0.3, 0.4) is 0 Å². The molecule has 0 aliphatic rings. The lowest BCUT2D eigenvalue weighted by Gasteiger charge is -2.12. The summed E-state index contributed by atoms with van der Waals surface area (Å²) in [6.45, 7) is 2.83. The molecule has 0 aliphatic carbocycles. The Morgan fingerprint density at radius 2 is 2.07 bits per heavy atom. The van der Waals surface area contributed by atoms with Gasteiger partial charge in [0, 0.05) is 47.9 Å². The molecule has 6 nitrogen and oxygen atoms in total. The number of nitrogens with one attached hydrogen (secondary N) is 2. The van der Waals surface area contributed by atoms with Gasteiger partial charge in [0.2, 0.25) is 0 Å². The first kappa shape index (κ1) is 18.0. The van der Waals surface area contributed by atoms with Crippen molar-refractivity contribution in [2.24, 2.45) is 0 Å².